The third kappa shape index (κ3) is 3.38. The van der Waals surface area contributed by atoms with E-state index in [1.807, 2.05) is 0 Å². The van der Waals surface area contributed by atoms with E-state index in [1.54, 1.807) is 0 Å². The topological polar surface area (TPSA) is 33.1 Å². The lowest BCUT2D eigenvalue weighted by Crippen LogP contribution is -2.10. The van der Waals surface area contributed by atoms with Crippen molar-refractivity contribution in [1.29, 1.82) is 0 Å². The lowest BCUT2D eigenvalue weighted by molar-refractivity contribution is -0.141. The molecule has 0 spiro atoms. The highest BCUT2D eigenvalue weighted by molar-refractivity contribution is 5.64. The van der Waals surface area contributed by atoms with Crippen LogP contribution in [0.15, 0.2) is 36.4 Å². The molecule has 1 heterocycles. The number of aromatic nitrogens is 1. The summed E-state index contributed by atoms with van der Waals surface area (Å²) in [6.07, 6.45) is -9.36. The molecule has 0 atom stereocenters. The summed E-state index contributed by atoms with van der Waals surface area (Å²) in [5.74, 6) is 0. The molecular weight excluding hydrogens is 312 g/mol. The number of alkyl halides is 6. The normalized spacial score (nSPS) is 12.5. The first-order valence-electron chi connectivity index (χ1n) is 5.98. The predicted octanol–water partition coefficient (Wildman–Crippen LogP) is 4.28. The first-order valence-corrected chi connectivity index (χ1v) is 5.98. The Morgan fingerprint density at radius 2 is 1.59 bits per heavy atom. The Bertz CT molecular complexity index is 678. The van der Waals surface area contributed by atoms with E-state index in [2.05, 4.69) is 4.98 Å². The Morgan fingerprint density at radius 3 is 2.14 bits per heavy atom. The van der Waals surface area contributed by atoms with Gasteiger partial charge in [0.05, 0.1) is 17.9 Å². The number of benzene rings is 1. The lowest BCUT2D eigenvalue weighted by atomic mass is 10.0. The summed E-state index contributed by atoms with van der Waals surface area (Å²) in [6, 6.07) is 5.43. The molecule has 1 N–H and O–H groups in total. The summed E-state index contributed by atoms with van der Waals surface area (Å²) in [5, 5.41) is 9.16. The smallest absolute Gasteiger partial charge is 0.392 e. The molecule has 22 heavy (non-hydrogen) atoms. The van der Waals surface area contributed by atoms with Crippen molar-refractivity contribution in [1.82, 2.24) is 4.98 Å². The highest BCUT2D eigenvalue weighted by atomic mass is 19.4. The van der Waals surface area contributed by atoms with Crippen LogP contribution in [0.5, 0.6) is 0 Å². The summed E-state index contributed by atoms with van der Waals surface area (Å²) in [4.78, 5) is 3.36. The van der Waals surface area contributed by atoms with Crippen molar-refractivity contribution in [2.24, 2.45) is 0 Å². The van der Waals surface area contributed by atoms with Gasteiger partial charge < -0.3 is 5.11 Å². The maximum atomic E-state index is 12.7. The summed E-state index contributed by atoms with van der Waals surface area (Å²) in [6.45, 7) is -0.642. The molecule has 0 unspecified atom stereocenters. The molecule has 118 valence electrons. The van der Waals surface area contributed by atoms with E-state index in [0.29, 0.717) is 12.1 Å². The molecule has 0 bridgehead atoms. The maximum absolute atomic E-state index is 12.7. The van der Waals surface area contributed by atoms with Crippen LogP contribution < -0.4 is 0 Å². The number of aliphatic hydroxyl groups excluding tert-OH is 1. The molecule has 0 aliphatic carbocycles. The van der Waals surface area contributed by atoms with Gasteiger partial charge in [-0.25, -0.2) is 4.98 Å². The van der Waals surface area contributed by atoms with Crippen LogP contribution in [0.3, 0.4) is 0 Å². The Hall–Kier alpha value is -2.09. The van der Waals surface area contributed by atoms with Crippen molar-refractivity contribution in [2.75, 3.05) is 0 Å². The van der Waals surface area contributed by atoms with E-state index in [-0.39, 0.29) is 16.8 Å². The van der Waals surface area contributed by atoms with Crippen molar-refractivity contribution in [3.8, 4) is 11.3 Å². The molecular formula is C14H9F6NO. The SMILES string of the molecule is OCc1ccc(C(F)(F)F)nc1-c1cccc(C(F)(F)F)c1. The number of nitrogens with zero attached hydrogens (tertiary/aromatic N) is 1. The lowest BCUT2D eigenvalue weighted by Gasteiger charge is -2.13. The van der Waals surface area contributed by atoms with E-state index in [9.17, 15) is 26.3 Å². The van der Waals surface area contributed by atoms with Crippen molar-refractivity contribution >= 4 is 0 Å². The first-order chi connectivity index (χ1) is 10.1. The molecule has 0 aliphatic heterocycles. The van der Waals surface area contributed by atoms with Crippen LogP contribution in [0.1, 0.15) is 16.8 Å². The molecule has 0 radical (unpaired) electrons. The van der Waals surface area contributed by atoms with Crippen molar-refractivity contribution in [3.63, 3.8) is 0 Å². The largest absolute Gasteiger partial charge is 0.433 e. The second-order valence-electron chi connectivity index (χ2n) is 4.44. The van der Waals surface area contributed by atoms with Crippen molar-refractivity contribution in [2.45, 2.75) is 19.0 Å². The van der Waals surface area contributed by atoms with Gasteiger partial charge in [0.2, 0.25) is 0 Å². The molecule has 0 saturated carbocycles. The molecule has 0 aliphatic rings. The summed E-state index contributed by atoms with van der Waals surface area (Å²) < 4.78 is 76.1. The van der Waals surface area contributed by atoms with Gasteiger partial charge in [-0.05, 0) is 18.2 Å². The van der Waals surface area contributed by atoms with Crippen LogP contribution in [0, 0.1) is 0 Å². The molecule has 1 aromatic heterocycles. The summed E-state index contributed by atoms with van der Waals surface area (Å²) in [5.41, 5.74) is -2.72. The number of hydrogen-bond acceptors (Lipinski definition) is 2. The minimum Gasteiger partial charge on any atom is -0.392 e. The van der Waals surface area contributed by atoms with Gasteiger partial charge in [-0.1, -0.05) is 18.2 Å². The molecule has 8 heteroatoms. The molecule has 2 nitrogen and oxygen atoms in total. The zero-order chi connectivity index (χ0) is 16.5. The fourth-order valence-electron chi connectivity index (χ4n) is 1.87. The highest BCUT2D eigenvalue weighted by Gasteiger charge is 2.34. The Kier molecular flexibility index (Phi) is 4.15. The zero-order valence-electron chi connectivity index (χ0n) is 10.8. The molecule has 0 saturated heterocycles. The van der Waals surface area contributed by atoms with E-state index in [4.69, 9.17) is 5.11 Å². The number of aliphatic hydroxyl groups is 1. The first kappa shape index (κ1) is 16.3. The Balaban J connectivity index is 2.60. The molecule has 2 rings (SSSR count). The third-order valence-corrected chi connectivity index (χ3v) is 2.90. The van der Waals surface area contributed by atoms with Gasteiger partial charge in [-0.2, -0.15) is 26.3 Å². The fourth-order valence-corrected chi connectivity index (χ4v) is 1.87. The van der Waals surface area contributed by atoms with Crippen LogP contribution in [0.2, 0.25) is 0 Å². The Labute approximate surface area is 121 Å². The van der Waals surface area contributed by atoms with Gasteiger partial charge in [-0.15, -0.1) is 0 Å². The van der Waals surface area contributed by atoms with E-state index in [0.717, 1.165) is 18.2 Å². The molecule has 0 amide bonds. The second-order valence-corrected chi connectivity index (χ2v) is 4.44. The van der Waals surface area contributed by atoms with Crippen LogP contribution >= 0.6 is 0 Å². The predicted molar refractivity (Wildman–Crippen MR) is 65.6 cm³/mol. The van der Waals surface area contributed by atoms with Crippen LogP contribution in [0.4, 0.5) is 26.3 Å². The van der Waals surface area contributed by atoms with E-state index < -0.39 is 30.2 Å². The monoisotopic (exact) mass is 321 g/mol. The third-order valence-electron chi connectivity index (χ3n) is 2.90. The second kappa shape index (κ2) is 5.60. The zero-order valence-corrected chi connectivity index (χ0v) is 10.8. The molecule has 1 aromatic carbocycles. The molecule has 0 fully saturated rings. The standard InChI is InChI=1S/C14H9F6NO/c15-13(16,17)10-3-1-2-8(6-10)12-9(7-22)4-5-11(21-12)14(18,19)20/h1-6,22H,7H2. The van der Waals surface area contributed by atoms with Crippen molar-refractivity contribution in [3.05, 3.63) is 53.2 Å². The van der Waals surface area contributed by atoms with Gasteiger partial charge >= 0.3 is 12.4 Å². The average Bonchev–Trinajstić information content (AvgIpc) is 2.45. The maximum Gasteiger partial charge on any atom is 0.433 e. The number of rotatable bonds is 2. The summed E-state index contributed by atoms with van der Waals surface area (Å²) >= 11 is 0. The number of halogens is 6. The van der Waals surface area contributed by atoms with Gasteiger partial charge in [0, 0.05) is 11.1 Å². The van der Waals surface area contributed by atoms with Gasteiger partial charge in [0.1, 0.15) is 5.69 Å². The van der Waals surface area contributed by atoms with Crippen LogP contribution in [0.25, 0.3) is 11.3 Å². The highest BCUT2D eigenvalue weighted by Crippen LogP contribution is 2.34. The summed E-state index contributed by atoms with van der Waals surface area (Å²) in [7, 11) is 0. The van der Waals surface area contributed by atoms with E-state index in [1.165, 1.54) is 6.07 Å². The number of hydrogen-bond donors (Lipinski definition) is 1. The molecule has 2 aromatic rings. The van der Waals surface area contributed by atoms with Gasteiger partial charge in [0.25, 0.3) is 0 Å². The van der Waals surface area contributed by atoms with E-state index >= 15 is 0 Å². The quantitative estimate of drug-likeness (QED) is 0.838. The average molecular weight is 321 g/mol. The Morgan fingerprint density at radius 1 is 0.909 bits per heavy atom. The minimum absolute atomic E-state index is 0.00678. The van der Waals surface area contributed by atoms with Crippen molar-refractivity contribution < 1.29 is 31.4 Å². The number of pyridine rings is 1. The fraction of sp³-hybridized carbons (Fsp3) is 0.214. The van der Waals surface area contributed by atoms with Gasteiger partial charge in [-0.3, -0.25) is 0 Å². The van der Waals surface area contributed by atoms with Crippen LogP contribution in [-0.2, 0) is 19.0 Å². The minimum atomic E-state index is -4.73. The van der Waals surface area contributed by atoms with Gasteiger partial charge in [0.15, 0.2) is 0 Å². The van der Waals surface area contributed by atoms with Crippen LogP contribution in [-0.4, -0.2) is 10.1 Å².